The molecule has 1 aliphatic rings. The fraction of sp³-hybridized carbons (Fsp3) is 0.318. The third-order valence-corrected chi connectivity index (χ3v) is 4.94. The molecule has 2 aromatic carbocycles. The summed E-state index contributed by atoms with van der Waals surface area (Å²) in [7, 11) is 0. The van der Waals surface area contributed by atoms with Crippen molar-refractivity contribution in [2.24, 2.45) is 0 Å². The maximum absolute atomic E-state index is 12.4. The van der Waals surface area contributed by atoms with Crippen LogP contribution in [0.25, 0.3) is 6.08 Å². The van der Waals surface area contributed by atoms with E-state index in [9.17, 15) is 4.79 Å². The number of nitrogens with zero attached hydrogens (tertiary/aromatic N) is 1. The van der Waals surface area contributed by atoms with Crippen LogP contribution < -0.4 is 4.90 Å². The summed E-state index contributed by atoms with van der Waals surface area (Å²) >= 11 is 0. The summed E-state index contributed by atoms with van der Waals surface area (Å²) in [4.78, 5) is 15.9. The molecule has 1 N–H and O–H groups in total. The minimum atomic E-state index is 0.122. The van der Waals surface area contributed by atoms with Gasteiger partial charge in [-0.15, -0.1) is 0 Å². The first-order chi connectivity index (χ1) is 12.1. The van der Waals surface area contributed by atoms with Gasteiger partial charge in [0.15, 0.2) is 0 Å². The van der Waals surface area contributed by atoms with Gasteiger partial charge in [0.2, 0.25) is 5.91 Å². The number of carbonyl (C=O) groups excluding carboxylic acids is 1. The second-order valence-electron chi connectivity index (χ2n) is 6.93. The molecule has 1 heterocycles. The fourth-order valence-electron chi connectivity index (χ4n) is 3.34. The maximum Gasteiger partial charge on any atom is 0.246 e. The minimum Gasteiger partial charge on any atom is -0.328 e. The minimum absolute atomic E-state index is 0.122. The number of nitrogens with one attached hydrogen (secondary N) is 1. The molecule has 0 atom stereocenters. The van der Waals surface area contributed by atoms with E-state index in [1.54, 1.807) is 11.0 Å². The zero-order valence-corrected chi connectivity index (χ0v) is 15.2. The number of amides is 1. The molecule has 0 aromatic heterocycles. The van der Waals surface area contributed by atoms with Crippen LogP contribution in [-0.2, 0) is 11.3 Å². The van der Waals surface area contributed by atoms with Gasteiger partial charge in [-0.1, -0.05) is 54.1 Å². The summed E-state index contributed by atoms with van der Waals surface area (Å²) in [5.74, 6) is 0.122. The highest BCUT2D eigenvalue weighted by molar-refractivity contribution is 5.91. The lowest BCUT2D eigenvalue weighted by Gasteiger charge is -2.32. The zero-order valence-electron chi connectivity index (χ0n) is 15.2. The van der Waals surface area contributed by atoms with Crippen molar-refractivity contribution >= 4 is 12.0 Å². The molecule has 3 rings (SSSR count). The Morgan fingerprint density at radius 2 is 1.84 bits per heavy atom. The highest BCUT2D eigenvalue weighted by atomic mass is 16.2. The second-order valence-corrected chi connectivity index (χ2v) is 6.93. The van der Waals surface area contributed by atoms with E-state index in [0.29, 0.717) is 0 Å². The number of hydrogen-bond acceptors (Lipinski definition) is 1. The molecule has 0 unspecified atom stereocenters. The van der Waals surface area contributed by atoms with E-state index >= 15 is 0 Å². The molecule has 1 amide bonds. The molecular weight excluding hydrogens is 308 g/mol. The Balaban J connectivity index is 1.51. The maximum atomic E-state index is 12.4. The predicted octanol–water partition coefficient (Wildman–Crippen LogP) is 2.24. The lowest BCUT2D eigenvalue weighted by atomic mass is 10.1. The number of carbonyl (C=O) groups is 1. The topological polar surface area (TPSA) is 24.8 Å². The Morgan fingerprint density at radius 3 is 2.56 bits per heavy atom. The average molecular weight is 335 g/mol. The summed E-state index contributed by atoms with van der Waals surface area (Å²) in [6, 6.07) is 16.8. The van der Waals surface area contributed by atoms with E-state index in [1.807, 2.05) is 23.1 Å². The zero-order chi connectivity index (χ0) is 17.6. The van der Waals surface area contributed by atoms with Gasteiger partial charge < -0.3 is 9.80 Å². The van der Waals surface area contributed by atoms with Crippen molar-refractivity contribution in [3.63, 3.8) is 0 Å². The Labute approximate surface area is 150 Å². The number of benzene rings is 2. The summed E-state index contributed by atoms with van der Waals surface area (Å²) < 4.78 is 0. The van der Waals surface area contributed by atoms with Gasteiger partial charge in [0, 0.05) is 11.6 Å². The van der Waals surface area contributed by atoms with Crippen molar-refractivity contribution in [3.8, 4) is 0 Å². The first-order valence-corrected chi connectivity index (χ1v) is 9.03. The normalized spacial score (nSPS) is 15.7. The lowest BCUT2D eigenvalue weighted by molar-refractivity contribution is -0.917. The van der Waals surface area contributed by atoms with Crippen LogP contribution in [0, 0.1) is 13.8 Å². The molecule has 2 aromatic rings. The smallest absolute Gasteiger partial charge is 0.246 e. The second kappa shape index (κ2) is 8.13. The van der Waals surface area contributed by atoms with Gasteiger partial charge in [0.05, 0.1) is 26.2 Å². The molecule has 130 valence electrons. The molecule has 0 aliphatic carbocycles. The monoisotopic (exact) mass is 335 g/mol. The van der Waals surface area contributed by atoms with Crippen molar-refractivity contribution < 1.29 is 9.69 Å². The SMILES string of the molecule is Cc1cccc(/C=C/C(=O)N2CC[NH+](Cc3ccccc3C)CC2)c1. The standard InChI is InChI=1S/C22H26N2O/c1-18-6-5-8-20(16-18)10-11-22(25)24-14-12-23(13-15-24)17-21-9-4-3-7-19(21)2/h3-11,16H,12-15,17H2,1-2H3/p+1/b11-10+. The first-order valence-electron chi connectivity index (χ1n) is 9.03. The van der Waals surface area contributed by atoms with Crippen LogP contribution in [0.1, 0.15) is 22.3 Å². The Kier molecular flexibility index (Phi) is 5.67. The van der Waals surface area contributed by atoms with E-state index in [2.05, 4.69) is 50.2 Å². The van der Waals surface area contributed by atoms with Crippen molar-refractivity contribution in [2.45, 2.75) is 20.4 Å². The summed E-state index contributed by atoms with van der Waals surface area (Å²) in [6.07, 6.45) is 3.63. The van der Waals surface area contributed by atoms with E-state index < -0.39 is 0 Å². The number of hydrogen-bond donors (Lipinski definition) is 1. The molecule has 3 nitrogen and oxygen atoms in total. The van der Waals surface area contributed by atoms with Crippen molar-refractivity contribution in [3.05, 3.63) is 76.9 Å². The molecule has 3 heteroatoms. The molecule has 0 saturated carbocycles. The molecule has 1 saturated heterocycles. The largest absolute Gasteiger partial charge is 0.328 e. The number of piperazine rings is 1. The van der Waals surface area contributed by atoms with Crippen LogP contribution in [0.3, 0.4) is 0 Å². The van der Waals surface area contributed by atoms with Gasteiger partial charge in [-0.3, -0.25) is 4.79 Å². The Morgan fingerprint density at radius 1 is 1.08 bits per heavy atom. The van der Waals surface area contributed by atoms with Crippen LogP contribution in [0.15, 0.2) is 54.6 Å². The molecule has 0 bridgehead atoms. The van der Waals surface area contributed by atoms with Crippen molar-refractivity contribution in [1.82, 2.24) is 4.90 Å². The summed E-state index contributed by atoms with van der Waals surface area (Å²) in [5, 5.41) is 0. The number of rotatable bonds is 4. The van der Waals surface area contributed by atoms with Gasteiger partial charge in [-0.25, -0.2) is 0 Å². The average Bonchev–Trinajstić information content (AvgIpc) is 2.62. The Bertz CT molecular complexity index is 758. The van der Waals surface area contributed by atoms with Gasteiger partial charge in [-0.05, 0) is 31.1 Å². The van der Waals surface area contributed by atoms with E-state index in [-0.39, 0.29) is 5.91 Å². The quantitative estimate of drug-likeness (QED) is 0.852. The van der Waals surface area contributed by atoms with Gasteiger partial charge in [0.25, 0.3) is 0 Å². The third kappa shape index (κ3) is 4.80. The van der Waals surface area contributed by atoms with Crippen molar-refractivity contribution in [2.75, 3.05) is 26.2 Å². The highest BCUT2D eigenvalue weighted by Crippen LogP contribution is 2.07. The van der Waals surface area contributed by atoms with Gasteiger partial charge in [0.1, 0.15) is 6.54 Å². The molecule has 1 aliphatic heterocycles. The molecule has 1 fully saturated rings. The van der Waals surface area contributed by atoms with Gasteiger partial charge in [-0.2, -0.15) is 0 Å². The van der Waals surface area contributed by atoms with E-state index in [0.717, 1.165) is 38.3 Å². The lowest BCUT2D eigenvalue weighted by Crippen LogP contribution is -3.13. The van der Waals surface area contributed by atoms with Crippen molar-refractivity contribution in [1.29, 1.82) is 0 Å². The third-order valence-electron chi connectivity index (χ3n) is 4.94. The first kappa shape index (κ1) is 17.4. The molecule has 0 radical (unpaired) electrons. The van der Waals surface area contributed by atoms with Crippen LogP contribution >= 0.6 is 0 Å². The fourth-order valence-corrected chi connectivity index (χ4v) is 3.34. The molecule has 0 spiro atoms. The highest BCUT2D eigenvalue weighted by Gasteiger charge is 2.22. The predicted molar refractivity (Wildman–Crippen MR) is 102 cm³/mol. The van der Waals surface area contributed by atoms with E-state index in [4.69, 9.17) is 0 Å². The summed E-state index contributed by atoms with van der Waals surface area (Å²) in [6.45, 7) is 8.97. The van der Waals surface area contributed by atoms with E-state index in [1.165, 1.54) is 16.7 Å². The number of quaternary nitrogens is 1. The molecular formula is C22H27N2O+. The van der Waals surface area contributed by atoms with Crippen LogP contribution in [0.5, 0.6) is 0 Å². The Hall–Kier alpha value is -2.39. The molecule has 25 heavy (non-hydrogen) atoms. The van der Waals surface area contributed by atoms with Crippen LogP contribution in [0.4, 0.5) is 0 Å². The van der Waals surface area contributed by atoms with Gasteiger partial charge >= 0.3 is 0 Å². The van der Waals surface area contributed by atoms with Crippen LogP contribution in [0.2, 0.25) is 0 Å². The summed E-state index contributed by atoms with van der Waals surface area (Å²) in [5.41, 5.74) is 5.06. The van der Waals surface area contributed by atoms with Crippen LogP contribution in [-0.4, -0.2) is 37.0 Å². The number of aryl methyl sites for hydroxylation is 2.